The van der Waals surface area contributed by atoms with Gasteiger partial charge in [0.15, 0.2) is 6.61 Å². The van der Waals surface area contributed by atoms with Gasteiger partial charge in [0.2, 0.25) is 0 Å². The standard InChI is InChI=1S/C8H8F4O/c9-6-1-3-7(4-2-6)13-5-8(10,11)12/h1,3H,2,4-5H2. The Morgan fingerprint density at radius 2 is 1.92 bits per heavy atom. The molecule has 1 nitrogen and oxygen atoms in total. The van der Waals surface area contributed by atoms with Crippen molar-refractivity contribution in [3.63, 3.8) is 0 Å². The van der Waals surface area contributed by atoms with Gasteiger partial charge >= 0.3 is 6.18 Å². The second kappa shape index (κ2) is 3.81. The quantitative estimate of drug-likeness (QED) is 0.616. The molecule has 0 aromatic carbocycles. The van der Waals surface area contributed by atoms with E-state index in [9.17, 15) is 17.6 Å². The lowest BCUT2D eigenvalue weighted by Gasteiger charge is -2.13. The molecular weight excluding hydrogens is 188 g/mol. The zero-order chi connectivity index (χ0) is 9.90. The van der Waals surface area contributed by atoms with Crippen LogP contribution in [0.3, 0.4) is 0 Å². The normalized spacial score (nSPS) is 17.8. The molecule has 0 aromatic rings. The molecule has 5 heteroatoms. The van der Waals surface area contributed by atoms with E-state index in [1.54, 1.807) is 0 Å². The summed E-state index contributed by atoms with van der Waals surface area (Å²) in [6, 6.07) is 0. The molecule has 0 unspecified atom stereocenters. The van der Waals surface area contributed by atoms with Crippen LogP contribution < -0.4 is 0 Å². The average molecular weight is 196 g/mol. The molecule has 0 aliphatic heterocycles. The summed E-state index contributed by atoms with van der Waals surface area (Å²) < 4.78 is 51.7. The molecule has 0 heterocycles. The van der Waals surface area contributed by atoms with Crippen LogP contribution in [-0.4, -0.2) is 12.8 Å². The first-order valence-electron chi connectivity index (χ1n) is 3.72. The molecule has 0 spiro atoms. The largest absolute Gasteiger partial charge is 0.488 e. The third kappa shape index (κ3) is 3.96. The molecule has 1 aliphatic rings. The predicted molar refractivity (Wildman–Crippen MR) is 38.5 cm³/mol. The minimum Gasteiger partial charge on any atom is -0.488 e. The number of allylic oxidation sites excluding steroid dienone is 4. The van der Waals surface area contributed by atoms with Gasteiger partial charge in [-0.1, -0.05) is 0 Å². The number of rotatable bonds is 2. The smallest absolute Gasteiger partial charge is 0.422 e. The van der Waals surface area contributed by atoms with Gasteiger partial charge in [-0.05, 0) is 12.2 Å². The van der Waals surface area contributed by atoms with Crippen LogP contribution in [0.4, 0.5) is 17.6 Å². The van der Waals surface area contributed by atoms with Gasteiger partial charge in [0.05, 0.1) is 5.76 Å². The number of alkyl halides is 3. The van der Waals surface area contributed by atoms with E-state index in [-0.39, 0.29) is 24.4 Å². The van der Waals surface area contributed by atoms with Crippen LogP contribution in [0.2, 0.25) is 0 Å². The third-order valence-corrected chi connectivity index (χ3v) is 1.48. The van der Waals surface area contributed by atoms with Crippen molar-refractivity contribution in [3.05, 3.63) is 23.7 Å². The molecule has 0 fully saturated rings. The van der Waals surface area contributed by atoms with Gasteiger partial charge in [0.25, 0.3) is 0 Å². The lowest BCUT2D eigenvalue weighted by atomic mass is 10.1. The maximum absolute atomic E-state index is 12.4. The minimum atomic E-state index is -4.33. The van der Waals surface area contributed by atoms with Crippen molar-refractivity contribution >= 4 is 0 Å². The van der Waals surface area contributed by atoms with Gasteiger partial charge in [-0.3, -0.25) is 0 Å². The number of hydrogen-bond acceptors (Lipinski definition) is 1. The average Bonchev–Trinajstić information content (AvgIpc) is 2.02. The summed E-state index contributed by atoms with van der Waals surface area (Å²) in [6.07, 6.45) is -1.68. The van der Waals surface area contributed by atoms with E-state index < -0.39 is 12.8 Å². The summed E-state index contributed by atoms with van der Waals surface area (Å²) in [6.45, 7) is -1.31. The van der Waals surface area contributed by atoms with E-state index in [0.29, 0.717) is 0 Å². The Morgan fingerprint density at radius 1 is 1.23 bits per heavy atom. The van der Waals surface area contributed by atoms with Crippen molar-refractivity contribution in [2.24, 2.45) is 0 Å². The summed E-state index contributed by atoms with van der Waals surface area (Å²) in [5.74, 6) is -0.155. The van der Waals surface area contributed by atoms with Crippen molar-refractivity contribution in [3.8, 4) is 0 Å². The second-order valence-electron chi connectivity index (χ2n) is 2.65. The van der Waals surface area contributed by atoms with Gasteiger partial charge < -0.3 is 4.74 Å². The molecular formula is C8H8F4O. The molecule has 0 saturated heterocycles. The summed E-state index contributed by atoms with van der Waals surface area (Å²) in [5, 5.41) is 0. The Bertz CT molecular complexity index is 239. The maximum Gasteiger partial charge on any atom is 0.422 e. The molecule has 0 atom stereocenters. The summed E-state index contributed by atoms with van der Waals surface area (Å²) in [4.78, 5) is 0. The molecule has 1 aliphatic carbocycles. The van der Waals surface area contributed by atoms with Crippen LogP contribution in [0.25, 0.3) is 0 Å². The molecule has 0 radical (unpaired) electrons. The maximum atomic E-state index is 12.4. The van der Waals surface area contributed by atoms with Crippen molar-refractivity contribution in [2.45, 2.75) is 19.0 Å². The Labute approximate surface area is 72.7 Å². The van der Waals surface area contributed by atoms with Crippen molar-refractivity contribution in [1.29, 1.82) is 0 Å². The zero-order valence-corrected chi connectivity index (χ0v) is 6.70. The van der Waals surface area contributed by atoms with Crippen LogP contribution in [0.15, 0.2) is 23.7 Å². The summed E-state index contributed by atoms with van der Waals surface area (Å²) in [5.41, 5.74) is 0. The number of hydrogen-bond donors (Lipinski definition) is 0. The SMILES string of the molecule is FC1=CC=C(OCC(F)(F)F)CC1. The Kier molecular flexibility index (Phi) is 2.95. The zero-order valence-electron chi connectivity index (χ0n) is 6.70. The highest BCUT2D eigenvalue weighted by molar-refractivity contribution is 5.16. The van der Waals surface area contributed by atoms with Crippen molar-refractivity contribution in [2.75, 3.05) is 6.61 Å². The number of ether oxygens (including phenoxy) is 1. The van der Waals surface area contributed by atoms with E-state index in [0.717, 1.165) is 6.08 Å². The fourth-order valence-electron chi connectivity index (χ4n) is 0.887. The third-order valence-electron chi connectivity index (χ3n) is 1.48. The van der Waals surface area contributed by atoms with E-state index in [1.165, 1.54) is 6.08 Å². The lowest BCUT2D eigenvalue weighted by molar-refractivity contribution is -0.165. The Balaban J connectivity index is 2.39. The van der Waals surface area contributed by atoms with Gasteiger partial charge in [0, 0.05) is 12.8 Å². The van der Waals surface area contributed by atoms with Crippen molar-refractivity contribution < 1.29 is 22.3 Å². The van der Waals surface area contributed by atoms with Gasteiger partial charge in [-0.25, -0.2) is 4.39 Å². The second-order valence-corrected chi connectivity index (χ2v) is 2.65. The van der Waals surface area contributed by atoms with E-state index in [1.807, 2.05) is 0 Å². The fourth-order valence-corrected chi connectivity index (χ4v) is 0.887. The van der Waals surface area contributed by atoms with E-state index in [4.69, 9.17) is 0 Å². The summed E-state index contributed by atoms with van der Waals surface area (Å²) in [7, 11) is 0. The molecule has 0 amide bonds. The van der Waals surface area contributed by atoms with E-state index in [2.05, 4.69) is 4.74 Å². The van der Waals surface area contributed by atoms with Crippen LogP contribution in [0.1, 0.15) is 12.8 Å². The lowest BCUT2D eigenvalue weighted by Crippen LogP contribution is -2.17. The van der Waals surface area contributed by atoms with Gasteiger partial charge in [-0.2, -0.15) is 13.2 Å². The highest BCUT2D eigenvalue weighted by atomic mass is 19.4. The molecule has 0 saturated carbocycles. The number of halogens is 4. The highest BCUT2D eigenvalue weighted by Crippen LogP contribution is 2.22. The first-order chi connectivity index (χ1) is 5.97. The molecule has 0 aromatic heterocycles. The monoisotopic (exact) mass is 196 g/mol. The van der Waals surface area contributed by atoms with Crippen LogP contribution >= 0.6 is 0 Å². The Morgan fingerprint density at radius 3 is 2.38 bits per heavy atom. The first-order valence-corrected chi connectivity index (χ1v) is 3.72. The van der Waals surface area contributed by atoms with E-state index >= 15 is 0 Å². The van der Waals surface area contributed by atoms with Gasteiger partial charge in [-0.15, -0.1) is 0 Å². The molecule has 1 rings (SSSR count). The van der Waals surface area contributed by atoms with Crippen LogP contribution in [0.5, 0.6) is 0 Å². The van der Waals surface area contributed by atoms with Crippen LogP contribution in [0, 0.1) is 0 Å². The first kappa shape index (κ1) is 10.1. The molecule has 0 N–H and O–H groups in total. The van der Waals surface area contributed by atoms with Crippen LogP contribution in [-0.2, 0) is 4.74 Å². The summed E-state index contributed by atoms with van der Waals surface area (Å²) >= 11 is 0. The van der Waals surface area contributed by atoms with Gasteiger partial charge in [0.1, 0.15) is 5.83 Å². The van der Waals surface area contributed by atoms with Crippen molar-refractivity contribution in [1.82, 2.24) is 0 Å². The topological polar surface area (TPSA) is 9.23 Å². The predicted octanol–water partition coefficient (Wildman–Crippen LogP) is 3.10. The highest BCUT2D eigenvalue weighted by Gasteiger charge is 2.28. The fraction of sp³-hybridized carbons (Fsp3) is 0.500. The minimum absolute atomic E-state index is 0.115. The Hall–Kier alpha value is -1.00. The molecule has 0 bridgehead atoms. The molecule has 13 heavy (non-hydrogen) atoms. The molecule has 74 valence electrons.